The summed E-state index contributed by atoms with van der Waals surface area (Å²) in [5.41, 5.74) is 0. The molecule has 2 heterocycles. The molecule has 1 aromatic rings. The average Bonchev–Trinajstić information content (AvgIpc) is 3.04. The van der Waals surface area contributed by atoms with Crippen molar-refractivity contribution in [1.82, 2.24) is 15.5 Å². The average molecular weight is 450 g/mol. The minimum atomic E-state index is 0. The van der Waals surface area contributed by atoms with E-state index in [1.54, 1.807) is 11.3 Å². The molecule has 0 spiro atoms. The second kappa shape index (κ2) is 12.1. The van der Waals surface area contributed by atoms with Crippen LogP contribution in [0.5, 0.6) is 0 Å². The summed E-state index contributed by atoms with van der Waals surface area (Å²) in [6.45, 7) is 10.9. The Bertz CT molecular complexity index is 428. The third kappa shape index (κ3) is 8.35. The van der Waals surface area contributed by atoms with E-state index in [1.165, 1.54) is 43.8 Å². The van der Waals surface area contributed by atoms with E-state index in [9.17, 15) is 0 Å². The smallest absolute Gasteiger partial charge is 0.191 e. The quantitative estimate of drug-likeness (QED) is 0.289. The molecule has 0 aliphatic carbocycles. The highest BCUT2D eigenvalue weighted by Gasteiger charge is 2.14. The molecule has 0 unspecified atom stereocenters. The van der Waals surface area contributed by atoms with Crippen LogP contribution in [-0.2, 0) is 6.54 Å². The molecule has 1 fully saturated rings. The Balaban J connectivity index is 0.00000264. The molecule has 1 aliphatic heterocycles. The predicted octanol–water partition coefficient (Wildman–Crippen LogP) is 3.54. The van der Waals surface area contributed by atoms with E-state index in [2.05, 4.69) is 51.9 Å². The van der Waals surface area contributed by atoms with Crippen molar-refractivity contribution >= 4 is 41.3 Å². The summed E-state index contributed by atoms with van der Waals surface area (Å²) in [6, 6.07) is 4.21. The number of halogens is 1. The van der Waals surface area contributed by atoms with Gasteiger partial charge in [0, 0.05) is 18.0 Å². The van der Waals surface area contributed by atoms with Gasteiger partial charge in [-0.05, 0) is 63.2 Å². The number of likely N-dealkylation sites (tertiary alicyclic amines) is 1. The lowest BCUT2D eigenvalue weighted by molar-refractivity contribution is 0.191. The van der Waals surface area contributed by atoms with E-state index in [0.717, 1.165) is 31.5 Å². The summed E-state index contributed by atoms with van der Waals surface area (Å²) in [7, 11) is 0. The van der Waals surface area contributed by atoms with Gasteiger partial charge in [-0.1, -0.05) is 13.0 Å². The van der Waals surface area contributed by atoms with E-state index >= 15 is 0 Å². The van der Waals surface area contributed by atoms with Crippen LogP contribution < -0.4 is 10.6 Å². The van der Waals surface area contributed by atoms with E-state index in [0.29, 0.717) is 0 Å². The van der Waals surface area contributed by atoms with Crippen molar-refractivity contribution in [3.8, 4) is 0 Å². The molecule has 23 heavy (non-hydrogen) atoms. The monoisotopic (exact) mass is 450 g/mol. The second-order valence-corrected chi connectivity index (χ2v) is 7.11. The Morgan fingerprint density at radius 1 is 1.35 bits per heavy atom. The lowest BCUT2D eigenvalue weighted by Crippen LogP contribution is -2.39. The zero-order valence-electron chi connectivity index (χ0n) is 14.4. The molecule has 1 aromatic heterocycles. The standard InChI is InChI=1S/C17H30N4S.HI/c1-3-18-17(20-14-16-6-4-13-22-16)19-9-5-10-21-11-7-15(2)8-12-21;/h4,6,13,15H,3,5,7-12,14H2,1-2H3,(H2,18,19,20);1H. The first kappa shape index (κ1) is 20.7. The number of nitrogens with zero attached hydrogens (tertiary/aromatic N) is 2. The second-order valence-electron chi connectivity index (χ2n) is 6.08. The minimum absolute atomic E-state index is 0. The fourth-order valence-electron chi connectivity index (χ4n) is 2.70. The first-order valence-electron chi connectivity index (χ1n) is 8.55. The van der Waals surface area contributed by atoms with Gasteiger partial charge in [-0.3, -0.25) is 0 Å². The Kier molecular flexibility index (Phi) is 10.9. The minimum Gasteiger partial charge on any atom is -0.357 e. The summed E-state index contributed by atoms with van der Waals surface area (Å²) < 4.78 is 0. The van der Waals surface area contributed by atoms with Crippen molar-refractivity contribution in [3.05, 3.63) is 22.4 Å². The molecule has 0 radical (unpaired) electrons. The van der Waals surface area contributed by atoms with Gasteiger partial charge in [-0.25, -0.2) is 4.99 Å². The number of hydrogen-bond donors (Lipinski definition) is 2. The van der Waals surface area contributed by atoms with Crippen LogP contribution in [0.1, 0.15) is 38.0 Å². The Morgan fingerprint density at radius 2 is 2.13 bits per heavy atom. The summed E-state index contributed by atoms with van der Waals surface area (Å²) in [5, 5.41) is 8.87. The van der Waals surface area contributed by atoms with Crippen LogP contribution in [0.15, 0.2) is 22.5 Å². The maximum absolute atomic E-state index is 4.64. The number of rotatable bonds is 7. The van der Waals surface area contributed by atoms with Crippen molar-refractivity contribution in [3.63, 3.8) is 0 Å². The van der Waals surface area contributed by atoms with Gasteiger partial charge in [-0.2, -0.15) is 0 Å². The number of nitrogens with one attached hydrogen (secondary N) is 2. The number of guanidine groups is 1. The third-order valence-electron chi connectivity index (χ3n) is 4.14. The molecular formula is C17H31IN4S. The highest BCUT2D eigenvalue weighted by atomic mass is 127. The van der Waals surface area contributed by atoms with E-state index in [4.69, 9.17) is 0 Å². The van der Waals surface area contributed by atoms with Gasteiger partial charge in [0.1, 0.15) is 0 Å². The first-order valence-corrected chi connectivity index (χ1v) is 9.42. The molecule has 0 saturated carbocycles. The number of hydrogen-bond acceptors (Lipinski definition) is 3. The van der Waals surface area contributed by atoms with E-state index in [1.807, 2.05) is 0 Å². The predicted molar refractivity (Wildman–Crippen MR) is 112 cm³/mol. The van der Waals surface area contributed by atoms with Crippen molar-refractivity contribution in [1.29, 1.82) is 0 Å². The Morgan fingerprint density at radius 3 is 2.78 bits per heavy atom. The summed E-state index contributed by atoms with van der Waals surface area (Å²) >= 11 is 1.76. The maximum Gasteiger partial charge on any atom is 0.191 e. The van der Waals surface area contributed by atoms with E-state index < -0.39 is 0 Å². The summed E-state index contributed by atoms with van der Waals surface area (Å²) in [6.07, 6.45) is 3.90. The van der Waals surface area contributed by atoms with Crippen molar-refractivity contribution < 1.29 is 0 Å². The van der Waals surface area contributed by atoms with Crippen LogP contribution >= 0.6 is 35.3 Å². The van der Waals surface area contributed by atoms with Gasteiger partial charge >= 0.3 is 0 Å². The molecule has 2 N–H and O–H groups in total. The molecule has 1 aliphatic rings. The molecule has 0 bridgehead atoms. The fraction of sp³-hybridized carbons (Fsp3) is 0.706. The van der Waals surface area contributed by atoms with Crippen molar-refractivity contribution in [2.24, 2.45) is 10.9 Å². The van der Waals surface area contributed by atoms with Crippen molar-refractivity contribution in [2.75, 3.05) is 32.7 Å². The molecular weight excluding hydrogens is 419 g/mol. The van der Waals surface area contributed by atoms with Gasteiger partial charge in [0.15, 0.2) is 5.96 Å². The molecule has 132 valence electrons. The zero-order chi connectivity index (χ0) is 15.6. The number of aliphatic imine (C=N–C) groups is 1. The van der Waals surface area contributed by atoms with Crippen LogP contribution in [0, 0.1) is 5.92 Å². The lowest BCUT2D eigenvalue weighted by Gasteiger charge is -2.30. The highest BCUT2D eigenvalue weighted by Crippen LogP contribution is 2.15. The largest absolute Gasteiger partial charge is 0.357 e. The van der Waals surface area contributed by atoms with Gasteiger partial charge in [0.25, 0.3) is 0 Å². The lowest BCUT2D eigenvalue weighted by atomic mass is 9.99. The molecule has 1 saturated heterocycles. The topological polar surface area (TPSA) is 39.7 Å². The van der Waals surface area contributed by atoms with Gasteiger partial charge < -0.3 is 15.5 Å². The van der Waals surface area contributed by atoms with Crippen LogP contribution in [0.4, 0.5) is 0 Å². The molecule has 0 aromatic carbocycles. The van der Waals surface area contributed by atoms with Crippen LogP contribution in [0.3, 0.4) is 0 Å². The van der Waals surface area contributed by atoms with E-state index in [-0.39, 0.29) is 24.0 Å². The summed E-state index contributed by atoms with van der Waals surface area (Å²) in [4.78, 5) is 8.54. The van der Waals surface area contributed by atoms with Gasteiger partial charge in [0.05, 0.1) is 6.54 Å². The van der Waals surface area contributed by atoms with Crippen LogP contribution in [0.25, 0.3) is 0 Å². The third-order valence-corrected chi connectivity index (χ3v) is 5.00. The summed E-state index contributed by atoms with van der Waals surface area (Å²) in [5.74, 6) is 1.85. The van der Waals surface area contributed by atoms with Gasteiger partial charge in [0.2, 0.25) is 0 Å². The van der Waals surface area contributed by atoms with Gasteiger partial charge in [-0.15, -0.1) is 35.3 Å². The SMILES string of the molecule is CCNC(=NCc1cccs1)NCCCN1CCC(C)CC1.I. The molecule has 2 rings (SSSR count). The molecule has 0 atom stereocenters. The molecule has 0 amide bonds. The fourth-order valence-corrected chi connectivity index (χ4v) is 3.32. The Labute approximate surface area is 162 Å². The molecule has 4 nitrogen and oxygen atoms in total. The zero-order valence-corrected chi connectivity index (χ0v) is 17.5. The van der Waals surface area contributed by atoms with Crippen LogP contribution in [0.2, 0.25) is 0 Å². The first-order chi connectivity index (χ1) is 10.8. The molecule has 6 heteroatoms. The normalized spacial score (nSPS) is 16.9. The highest BCUT2D eigenvalue weighted by molar-refractivity contribution is 14.0. The van der Waals surface area contributed by atoms with Crippen molar-refractivity contribution in [2.45, 2.75) is 39.7 Å². The maximum atomic E-state index is 4.64. The van der Waals surface area contributed by atoms with Crippen LogP contribution in [-0.4, -0.2) is 43.6 Å². The number of piperidine rings is 1. The number of thiophene rings is 1. The Hall–Kier alpha value is -0.340.